The minimum atomic E-state index is -4.42. The quantitative estimate of drug-likeness (QED) is 0.890. The maximum atomic E-state index is 12.4. The molecule has 1 aliphatic rings. The fourth-order valence-electron chi connectivity index (χ4n) is 1.62. The van der Waals surface area contributed by atoms with Gasteiger partial charge in [-0.3, -0.25) is 0 Å². The molecular weight excluding hydrogens is 251 g/mol. The van der Waals surface area contributed by atoms with Gasteiger partial charge in [0.05, 0.1) is 0 Å². The number of rotatable bonds is 2. The minimum absolute atomic E-state index is 0.0623. The molecule has 1 N–H and O–H groups in total. The molecule has 1 saturated heterocycles. The number of alkyl halides is 3. The normalized spacial score (nSPS) is 21.2. The predicted octanol–water partition coefficient (Wildman–Crippen LogP) is 2.80. The van der Waals surface area contributed by atoms with Crippen LogP contribution in [0.4, 0.5) is 19.1 Å². The SMILES string of the molecule is FC(F)(F)c1ccnc(NC2CCCSC2)n1. The summed E-state index contributed by atoms with van der Waals surface area (Å²) in [4.78, 5) is 7.30. The van der Waals surface area contributed by atoms with Gasteiger partial charge >= 0.3 is 6.18 Å². The summed E-state index contributed by atoms with van der Waals surface area (Å²) >= 11 is 1.79. The van der Waals surface area contributed by atoms with Gasteiger partial charge in [-0.05, 0) is 24.7 Å². The third-order valence-corrected chi connectivity index (χ3v) is 3.65. The summed E-state index contributed by atoms with van der Waals surface area (Å²) in [5.41, 5.74) is -0.904. The molecule has 17 heavy (non-hydrogen) atoms. The molecule has 1 aromatic rings. The average molecular weight is 263 g/mol. The van der Waals surface area contributed by atoms with E-state index in [4.69, 9.17) is 0 Å². The third kappa shape index (κ3) is 3.49. The van der Waals surface area contributed by atoms with E-state index in [-0.39, 0.29) is 12.0 Å². The third-order valence-electron chi connectivity index (χ3n) is 2.44. The molecule has 2 rings (SSSR count). The molecule has 0 radical (unpaired) electrons. The zero-order valence-corrected chi connectivity index (χ0v) is 9.81. The van der Waals surface area contributed by atoms with Gasteiger partial charge in [0.25, 0.3) is 0 Å². The highest BCUT2D eigenvalue weighted by Crippen LogP contribution is 2.28. The van der Waals surface area contributed by atoms with E-state index in [9.17, 15) is 13.2 Å². The lowest BCUT2D eigenvalue weighted by atomic mass is 10.2. The van der Waals surface area contributed by atoms with E-state index in [2.05, 4.69) is 15.3 Å². The molecule has 0 saturated carbocycles. The first-order valence-electron chi connectivity index (χ1n) is 5.30. The maximum absolute atomic E-state index is 12.4. The zero-order valence-electron chi connectivity index (χ0n) is 9.00. The van der Waals surface area contributed by atoms with Crippen molar-refractivity contribution in [3.63, 3.8) is 0 Å². The maximum Gasteiger partial charge on any atom is 0.433 e. The van der Waals surface area contributed by atoms with Crippen molar-refractivity contribution >= 4 is 17.7 Å². The lowest BCUT2D eigenvalue weighted by Gasteiger charge is -2.22. The van der Waals surface area contributed by atoms with Crippen molar-refractivity contribution in [2.45, 2.75) is 25.1 Å². The molecule has 0 amide bonds. The molecule has 1 fully saturated rings. The van der Waals surface area contributed by atoms with E-state index in [1.165, 1.54) is 0 Å². The average Bonchev–Trinajstić information content (AvgIpc) is 2.29. The van der Waals surface area contributed by atoms with E-state index in [0.717, 1.165) is 36.6 Å². The standard InChI is InChI=1S/C10H12F3N3S/c11-10(12,13)8-3-4-14-9(16-8)15-7-2-1-5-17-6-7/h3-4,7H,1-2,5-6H2,(H,14,15,16). The molecule has 0 spiro atoms. The molecule has 0 aliphatic carbocycles. The molecule has 1 unspecified atom stereocenters. The summed E-state index contributed by atoms with van der Waals surface area (Å²) in [5, 5.41) is 2.95. The summed E-state index contributed by atoms with van der Waals surface area (Å²) in [6.45, 7) is 0. The molecule has 1 aromatic heterocycles. The Morgan fingerprint density at radius 1 is 1.41 bits per heavy atom. The number of nitrogens with one attached hydrogen (secondary N) is 1. The highest BCUT2D eigenvalue weighted by Gasteiger charge is 2.32. The van der Waals surface area contributed by atoms with Crippen LogP contribution in [0.1, 0.15) is 18.5 Å². The Morgan fingerprint density at radius 2 is 2.24 bits per heavy atom. The molecule has 2 heterocycles. The van der Waals surface area contributed by atoms with Crippen molar-refractivity contribution in [2.75, 3.05) is 16.8 Å². The molecule has 94 valence electrons. The number of aromatic nitrogens is 2. The zero-order chi connectivity index (χ0) is 12.3. The summed E-state index contributed by atoms with van der Waals surface area (Å²) < 4.78 is 37.3. The second-order valence-corrected chi connectivity index (χ2v) is 4.97. The summed E-state index contributed by atoms with van der Waals surface area (Å²) in [7, 11) is 0. The van der Waals surface area contributed by atoms with Crippen LogP contribution < -0.4 is 5.32 Å². The Balaban J connectivity index is 2.05. The summed E-state index contributed by atoms with van der Waals surface area (Å²) in [5.74, 6) is 2.06. The van der Waals surface area contributed by atoms with E-state index < -0.39 is 11.9 Å². The lowest BCUT2D eigenvalue weighted by molar-refractivity contribution is -0.141. The number of thioether (sulfide) groups is 1. The van der Waals surface area contributed by atoms with Crippen molar-refractivity contribution < 1.29 is 13.2 Å². The van der Waals surface area contributed by atoms with Gasteiger partial charge in [-0.1, -0.05) is 0 Å². The second kappa shape index (κ2) is 5.12. The van der Waals surface area contributed by atoms with Crippen LogP contribution >= 0.6 is 11.8 Å². The molecular formula is C10H12F3N3S. The van der Waals surface area contributed by atoms with Crippen LogP contribution in [0.2, 0.25) is 0 Å². The Hall–Kier alpha value is -0.980. The number of nitrogens with zero attached hydrogens (tertiary/aromatic N) is 2. The lowest BCUT2D eigenvalue weighted by Crippen LogP contribution is -2.27. The molecule has 1 atom stereocenters. The van der Waals surface area contributed by atoms with Gasteiger partial charge in [0, 0.05) is 18.0 Å². The first kappa shape index (κ1) is 12.5. The number of halogens is 3. The molecule has 3 nitrogen and oxygen atoms in total. The van der Waals surface area contributed by atoms with Gasteiger partial charge in [-0.25, -0.2) is 9.97 Å². The van der Waals surface area contributed by atoms with Crippen LogP contribution in [0, 0.1) is 0 Å². The van der Waals surface area contributed by atoms with Crippen LogP contribution in [-0.4, -0.2) is 27.5 Å². The van der Waals surface area contributed by atoms with Gasteiger partial charge in [-0.15, -0.1) is 0 Å². The smallest absolute Gasteiger partial charge is 0.351 e. The molecule has 0 bridgehead atoms. The van der Waals surface area contributed by atoms with Crippen LogP contribution in [0.3, 0.4) is 0 Å². The number of hydrogen-bond donors (Lipinski definition) is 1. The van der Waals surface area contributed by atoms with E-state index in [1.807, 2.05) is 0 Å². The van der Waals surface area contributed by atoms with E-state index in [1.54, 1.807) is 11.8 Å². The number of anilines is 1. The number of hydrogen-bond acceptors (Lipinski definition) is 4. The Bertz CT molecular complexity index is 377. The predicted molar refractivity (Wildman–Crippen MR) is 61.0 cm³/mol. The van der Waals surface area contributed by atoms with Crippen molar-refractivity contribution in [3.05, 3.63) is 18.0 Å². The van der Waals surface area contributed by atoms with Crippen molar-refractivity contribution in [1.82, 2.24) is 9.97 Å². The molecule has 7 heteroatoms. The second-order valence-electron chi connectivity index (χ2n) is 3.82. The monoisotopic (exact) mass is 263 g/mol. The Labute approximate surface area is 101 Å². The largest absolute Gasteiger partial charge is 0.433 e. The molecule has 1 aliphatic heterocycles. The molecule has 0 aromatic carbocycles. The van der Waals surface area contributed by atoms with E-state index >= 15 is 0 Å². The summed E-state index contributed by atoms with van der Waals surface area (Å²) in [6, 6.07) is 1.04. The van der Waals surface area contributed by atoms with Crippen LogP contribution in [0.15, 0.2) is 12.3 Å². The van der Waals surface area contributed by atoms with Crippen LogP contribution in [-0.2, 0) is 6.18 Å². The van der Waals surface area contributed by atoms with E-state index in [0.29, 0.717) is 0 Å². The van der Waals surface area contributed by atoms with Gasteiger partial charge in [0.1, 0.15) is 5.69 Å². The van der Waals surface area contributed by atoms with Crippen molar-refractivity contribution in [1.29, 1.82) is 0 Å². The van der Waals surface area contributed by atoms with Gasteiger partial charge in [-0.2, -0.15) is 24.9 Å². The topological polar surface area (TPSA) is 37.8 Å². The highest BCUT2D eigenvalue weighted by atomic mass is 32.2. The van der Waals surface area contributed by atoms with Gasteiger partial charge < -0.3 is 5.32 Å². The highest BCUT2D eigenvalue weighted by molar-refractivity contribution is 7.99. The fraction of sp³-hybridized carbons (Fsp3) is 0.600. The Morgan fingerprint density at radius 3 is 2.88 bits per heavy atom. The van der Waals surface area contributed by atoms with Crippen LogP contribution in [0.25, 0.3) is 0 Å². The fourth-order valence-corrected chi connectivity index (χ4v) is 2.70. The summed E-state index contributed by atoms with van der Waals surface area (Å²) in [6.07, 6.45) is -1.26. The Kier molecular flexibility index (Phi) is 3.76. The van der Waals surface area contributed by atoms with Gasteiger partial charge in [0.2, 0.25) is 5.95 Å². The van der Waals surface area contributed by atoms with Crippen molar-refractivity contribution in [2.24, 2.45) is 0 Å². The first-order valence-corrected chi connectivity index (χ1v) is 6.46. The minimum Gasteiger partial charge on any atom is -0.351 e. The van der Waals surface area contributed by atoms with Crippen LogP contribution in [0.5, 0.6) is 0 Å². The van der Waals surface area contributed by atoms with Gasteiger partial charge in [0.15, 0.2) is 0 Å². The van der Waals surface area contributed by atoms with Crippen molar-refractivity contribution in [3.8, 4) is 0 Å². The first-order chi connectivity index (χ1) is 8.05.